The number of furan rings is 1. The molecule has 118 valence electrons. The number of amides is 1. The van der Waals surface area contributed by atoms with Crippen molar-refractivity contribution in [2.45, 2.75) is 20.8 Å². The highest BCUT2D eigenvalue weighted by Gasteiger charge is 2.22. The fourth-order valence-corrected chi connectivity index (χ4v) is 2.47. The van der Waals surface area contributed by atoms with Crippen LogP contribution in [0.25, 0.3) is 21.9 Å². The highest BCUT2D eigenvalue weighted by molar-refractivity contribution is 7.80. The predicted octanol–water partition coefficient (Wildman–Crippen LogP) is 4.45. The maximum Gasteiger partial charge on any atom is 0.231 e. The molecule has 0 saturated carbocycles. The van der Waals surface area contributed by atoms with Crippen LogP contribution in [0.2, 0.25) is 0 Å². The second kappa shape index (κ2) is 5.66. The molecule has 0 bridgehead atoms. The quantitative estimate of drug-likeness (QED) is 0.649. The molecule has 0 aliphatic rings. The van der Waals surface area contributed by atoms with Crippen molar-refractivity contribution in [1.82, 2.24) is 5.32 Å². The molecule has 0 fully saturated rings. The van der Waals surface area contributed by atoms with E-state index < -0.39 is 5.41 Å². The molecule has 0 unspecified atom stereocenters. The zero-order valence-electron chi connectivity index (χ0n) is 13.3. The van der Waals surface area contributed by atoms with Crippen molar-refractivity contribution >= 4 is 50.9 Å². The molecule has 2 aromatic carbocycles. The Balaban J connectivity index is 1.82. The fraction of sp³-hybridized carbons (Fsp3) is 0.222. The number of hydrogen-bond donors (Lipinski definition) is 2. The van der Waals surface area contributed by atoms with E-state index >= 15 is 0 Å². The van der Waals surface area contributed by atoms with Gasteiger partial charge in [-0.25, -0.2) is 0 Å². The Hall–Kier alpha value is -2.40. The highest BCUT2D eigenvalue weighted by Crippen LogP contribution is 2.30. The highest BCUT2D eigenvalue weighted by atomic mass is 32.1. The van der Waals surface area contributed by atoms with Gasteiger partial charge in [-0.1, -0.05) is 39.0 Å². The van der Waals surface area contributed by atoms with Crippen molar-refractivity contribution in [2.75, 3.05) is 5.32 Å². The SMILES string of the molecule is CC(C)(C)C(=O)NC(=S)Nc1ccc2c(c1)oc1ccccc12. The molecule has 23 heavy (non-hydrogen) atoms. The molecule has 1 amide bonds. The van der Waals surface area contributed by atoms with Crippen molar-refractivity contribution in [2.24, 2.45) is 5.41 Å². The number of thiocarbonyl (C=S) groups is 1. The molecule has 0 atom stereocenters. The van der Waals surface area contributed by atoms with Crippen molar-refractivity contribution in [3.63, 3.8) is 0 Å². The Morgan fingerprint density at radius 1 is 1.04 bits per heavy atom. The topological polar surface area (TPSA) is 54.3 Å². The number of para-hydroxylation sites is 1. The summed E-state index contributed by atoms with van der Waals surface area (Å²) < 4.78 is 5.84. The van der Waals surface area contributed by atoms with Crippen LogP contribution in [0.15, 0.2) is 46.9 Å². The van der Waals surface area contributed by atoms with E-state index in [9.17, 15) is 4.79 Å². The minimum atomic E-state index is -0.492. The molecule has 0 saturated heterocycles. The summed E-state index contributed by atoms with van der Waals surface area (Å²) in [7, 11) is 0. The minimum absolute atomic E-state index is 0.125. The Morgan fingerprint density at radius 3 is 2.48 bits per heavy atom. The number of nitrogens with one attached hydrogen (secondary N) is 2. The molecule has 5 heteroatoms. The second-order valence-corrected chi connectivity index (χ2v) is 6.88. The van der Waals surface area contributed by atoms with E-state index in [4.69, 9.17) is 16.6 Å². The van der Waals surface area contributed by atoms with Gasteiger partial charge in [0.25, 0.3) is 0 Å². The van der Waals surface area contributed by atoms with Gasteiger partial charge in [0.1, 0.15) is 11.2 Å². The van der Waals surface area contributed by atoms with Crippen LogP contribution >= 0.6 is 12.2 Å². The second-order valence-electron chi connectivity index (χ2n) is 6.47. The van der Waals surface area contributed by atoms with Crippen molar-refractivity contribution < 1.29 is 9.21 Å². The first-order valence-electron chi connectivity index (χ1n) is 7.38. The molecule has 1 aromatic heterocycles. The molecule has 0 aliphatic carbocycles. The van der Waals surface area contributed by atoms with Gasteiger partial charge in [-0.2, -0.15) is 0 Å². The lowest BCUT2D eigenvalue weighted by Crippen LogP contribution is -2.41. The summed E-state index contributed by atoms with van der Waals surface area (Å²) >= 11 is 5.19. The fourth-order valence-electron chi connectivity index (χ4n) is 2.26. The maximum absolute atomic E-state index is 11.9. The number of benzene rings is 2. The summed E-state index contributed by atoms with van der Waals surface area (Å²) in [5, 5.41) is 8.13. The standard InChI is InChI=1S/C18H18N2O2S/c1-18(2,3)16(21)20-17(23)19-11-8-9-13-12-6-4-5-7-14(12)22-15(13)10-11/h4-10H,1-3H3,(H2,19,20,21,23). The normalized spacial score (nSPS) is 11.6. The number of carbonyl (C=O) groups excluding carboxylic acids is 1. The zero-order valence-corrected chi connectivity index (χ0v) is 14.1. The Morgan fingerprint density at radius 2 is 1.74 bits per heavy atom. The number of rotatable bonds is 1. The third-order valence-electron chi connectivity index (χ3n) is 3.54. The van der Waals surface area contributed by atoms with Crippen LogP contribution in [0.4, 0.5) is 5.69 Å². The summed E-state index contributed by atoms with van der Waals surface area (Å²) in [5.41, 5.74) is 1.91. The van der Waals surface area contributed by atoms with Crippen LogP contribution in [0.1, 0.15) is 20.8 Å². The smallest absolute Gasteiger partial charge is 0.231 e. The van der Waals surface area contributed by atoms with E-state index in [1.807, 2.05) is 63.2 Å². The van der Waals surface area contributed by atoms with Gasteiger partial charge < -0.3 is 15.1 Å². The average molecular weight is 326 g/mol. The van der Waals surface area contributed by atoms with E-state index in [0.29, 0.717) is 0 Å². The van der Waals surface area contributed by atoms with Crippen LogP contribution < -0.4 is 10.6 Å². The first-order valence-corrected chi connectivity index (χ1v) is 7.79. The maximum atomic E-state index is 11.9. The molecule has 1 heterocycles. The van der Waals surface area contributed by atoms with Crippen LogP contribution in [0, 0.1) is 5.41 Å². The van der Waals surface area contributed by atoms with Crippen LogP contribution in [-0.4, -0.2) is 11.0 Å². The van der Waals surface area contributed by atoms with Gasteiger partial charge in [-0.15, -0.1) is 0 Å². The summed E-state index contributed by atoms with van der Waals surface area (Å²) in [6.45, 7) is 5.52. The molecular weight excluding hydrogens is 308 g/mol. The molecule has 4 nitrogen and oxygen atoms in total. The predicted molar refractivity (Wildman–Crippen MR) is 97.5 cm³/mol. The minimum Gasteiger partial charge on any atom is -0.456 e. The van der Waals surface area contributed by atoms with E-state index in [0.717, 1.165) is 27.6 Å². The molecule has 3 aromatic rings. The van der Waals surface area contributed by atoms with Gasteiger partial charge >= 0.3 is 0 Å². The Kier molecular flexibility index (Phi) is 3.82. The zero-order chi connectivity index (χ0) is 16.6. The first kappa shape index (κ1) is 15.5. The molecule has 0 spiro atoms. The van der Waals surface area contributed by atoms with Crippen LogP contribution in [0.3, 0.4) is 0 Å². The van der Waals surface area contributed by atoms with Gasteiger partial charge in [0.2, 0.25) is 5.91 Å². The number of carbonyl (C=O) groups is 1. The van der Waals surface area contributed by atoms with Gasteiger partial charge in [0.15, 0.2) is 5.11 Å². The molecule has 0 radical (unpaired) electrons. The van der Waals surface area contributed by atoms with Crippen molar-refractivity contribution in [3.05, 3.63) is 42.5 Å². The Bertz CT molecular complexity index is 906. The lowest BCUT2D eigenvalue weighted by atomic mass is 9.96. The van der Waals surface area contributed by atoms with Crippen LogP contribution in [-0.2, 0) is 4.79 Å². The number of anilines is 1. The monoisotopic (exact) mass is 326 g/mol. The van der Waals surface area contributed by atoms with E-state index in [1.54, 1.807) is 0 Å². The van der Waals surface area contributed by atoms with Crippen LogP contribution in [0.5, 0.6) is 0 Å². The number of hydrogen-bond acceptors (Lipinski definition) is 3. The van der Waals surface area contributed by atoms with Gasteiger partial charge in [0.05, 0.1) is 0 Å². The molecule has 3 rings (SSSR count). The summed E-state index contributed by atoms with van der Waals surface area (Å²) in [6.07, 6.45) is 0. The lowest BCUT2D eigenvalue weighted by Gasteiger charge is -2.18. The van der Waals surface area contributed by atoms with Gasteiger partial charge in [0, 0.05) is 27.9 Å². The largest absolute Gasteiger partial charge is 0.456 e. The lowest BCUT2D eigenvalue weighted by molar-refractivity contribution is -0.126. The van der Waals surface area contributed by atoms with Gasteiger partial charge in [-0.05, 0) is 30.4 Å². The first-order chi connectivity index (χ1) is 10.8. The third kappa shape index (κ3) is 3.19. The molecule has 2 N–H and O–H groups in total. The molecular formula is C18H18N2O2S. The van der Waals surface area contributed by atoms with E-state index in [-0.39, 0.29) is 11.0 Å². The molecule has 0 aliphatic heterocycles. The summed E-state index contributed by atoms with van der Waals surface area (Å²) in [6, 6.07) is 13.7. The Labute approximate surface area is 139 Å². The van der Waals surface area contributed by atoms with Gasteiger partial charge in [-0.3, -0.25) is 4.79 Å². The third-order valence-corrected chi connectivity index (χ3v) is 3.75. The van der Waals surface area contributed by atoms with Crippen molar-refractivity contribution in [1.29, 1.82) is 0 Å². The van der Waals surface area contributed by atoms with Crippen molar-refractivity contribution in [3.8, 4) is 0 Å². The van der Waals surface area contributed by atoms with E-state index in [1.165, 1.54) is 0 Å². The average Bonchev–Trinajstić information content (AvgIpc) is 2.83. The summed E-state index contributed by atoms with van der Waals surface area (Å²) in [4.78, 5) is 11.9. The summed E-state index contributed by atoms with van der Waals surface area (Å²) in [5.74, 6) is -0.125. The number of fused-ring (bicyclic) bond motifs is 3. The van der Waals surface area contributed by atoms with E-state index in [2.05, 4.69) is 10.6 Å².